The van der Waals surface area contributed by atoms with Crippen LogP contribution in [0.4, 0.5) is 0 Å². The van der Waals surface area contributed by atoms with Crippen LogP contribution in [0.3, 0.4) is 0 Å². The second-order valence-corrected chi connectivity index (χ2v) is 8.66. The van der Waals surface area contributed by atoms with Gasteiger partial charge in [0, 0.05) is 16.1 Å². The van der Waals surface area contributed by atoms with Gasteiger partial charge in [-0.2, -0.15) is 0 Å². The highest BCUT2D eigenvalue weighted by Crippen LogP contribution is 2.30. The fourth-order valence-corrected chi connectivity index (χ4v) is 4.95. The molecule has 7 heteroatoms. The van der Waals surface area contributed by atoms with E-state index in [4.69, 9.17) is 15.4 Å². The van der Waals surface area contributed by atoms with E-state index < -0.39 is 15.0 Å². The summed E-state index contributed by atoms with van der Waals surface area (Å²) in [4.78, 5) is 12.1. The molecule has 1 aromatic rings. The van der Waals surface area contributed by atoms with E-state index in [0.29, 0.717) is 11.1 Å². The monoisotopic (exact) mass is 336 g/mol. The minimum atomic E-state index is -3.80. The van der Waals surface area contributed by atoms with Crippen LogP contribution < -0.4 is 0 Å². The van der Waals surface area contributed by atoms with Crippen LogP contribution >= 0.6 is 22.0 Å². The first-order chi connectivity index (χ1) is 9.39. The fourth-order valence-electron chi connectivity index (χ4n) is 2.42. The molecule has 1 heterocycles. The molecule has 0 aromatic carbocycles. The molecule has 4 nitrogen and oxygen atoms in total. The highest BCUT2D eigenvalue weighted by atomic mass is 35.7. The molecule has 1 aromatic heterocycles. The minimum absolute atomic E-state index is 0.0204. The van der Waals surface area contributed by atoms with Gasteiger partial charge in [-0.15, -0.1) is 11.3 Å². The SMILES string of the molecule is Cc1c(C(=O)OC2CCCCCC2)csc1S(=O)(=O)Cl. The Kier molecular flexibility index (Phi) is 5.09. The molecule has 1 fully saturated rings. The Morgan fingerprint density at radius 2 is 1.90 bits per heavy atom. The van der Waals surface area contributed by atoms with Crippen molar-refractivity contribution in [3.63, 3.8) is 0 Å². The lowest BCUT2D eigenvalue weighted by Gasteiger charge is -2.15. The lowest BCUT2D eigenvalue weighted by Crippen LogP contribution is -2.17. The van der Waals surface area contributed by atoms with Crippen molar-refractivity contribution < 1.29 is 17.9 Å². The molecule has 0 bridgehead atoms. The Labute approximate surface area is 127 Å². The minimum Gasteiger partial charge on any atom is -0.459 e. The van der Waals surface area contributed by atoms with Crippen LogP contribution in [0.15, 0.2) is 9.59 Å². The second kappa shape index (κ2) is 6.45. The van der Waals surface area contributed by atoms with Gasteiger partial charge in [0.25, 0.3) is 9.05 Å². The van der Waals surface area contributed by atoms with Gasteiger partial charge in [0.05, 0.1) is 5.56 Å². The zero-order valence-electron chi connectivity index (χ0n) is 11.2. The Morgan fingerprint density at radius 1 is 1.30 bits per heavy atom. The van der Waals surface area contributed by atoms with E-state index in [1.807, 2.05) is 0 Å². The van der Waals surface area contributed by atoms with Crippen molar-refractivity contribution >= 4 is 37.0 Å². The standard InChI is InChI=1S/C13H17ClO4S2/c1-9-11(8-19-13(9)20(14,16)17)12(15)18-10-6-4-2-3-5-7-10/h8,10H,2-7H2,1H3. The summed E-state index contributed by atoms with van der Waals surface area (Å²) >= 11 is 0.957. The van der Waals surface area contributed by atoms with Gasteiger partial charge >= 0.3 is 5.97 Å². The van der Waals surface area contributed by atoms with Gasteiger partial charge in [0.1, 0.15) is 10.3 Å². The van der Waals surface area contributed by atoms with Gasteiger partial charge in [0.2, 0.25) is 0 Å². The van der Waals surface area contributed by atoms with Crippen molar-refractivity contribution in [3.05, 3.63) is 16.5 Å². The van der Waals surface area contributed by atoms with Crippen LogP contribution in [-0.4, -0.2) is 20.5 Å². The molecule has 0 atom stereocenters. The molecule has 1 saturated carbocycles. The largest absolute Gasteiger partial charge is 0.459 e. The van der Waals surface area contributed by atoms with Crippen LogP contribution in [0.5, 0.6) is 0 Å². The molecule has 0 N–H and O–H groups in total. The third-order valence-corrected chi connectivity index (χ3v) is 6.82. The normalized spacial score (nSPS) is 17.7. The predicted octanol–water partition coefficient (Wildman–Crippen LogP) is 3.86. The second-order valence-electron chi connectivity index (χ2n) is 5.02. The third kappa shape index (κ3) is 3.74. The molecule has 0 spiro atoms. The van der Waals surface area contributed by atoms with E-state index in [0.717, 1.165) is 37.0 Å². The number of carbonyl (C=O) groups is 1. The van der Waals surface area contributed by atoms with E-state index in [9.17, 15) is 13.2 Å². The highest BCUT2D eigenvalue weighted by Gasteiger charge is 2.25. The van der Waals surface area contributed by atoms with Crippen LogP contribution in [0.25, 0.3) is 0 Å². The molecule has 0 radical (unpaired) electrons. The zero-order chi connectivity index (χ0) is 14.8. The number of carbonyl (C=O) groups excluding carboxylic acids is 1. The van der Waals surface area contributed by atoms with Gasteiger partial charge in [0.15, 0.2) is 0 Å². The third-order valence-electron chi connectivity index (χ3n) is 3.51. The number of rotatable bonds is 3. The molecule has 2 rings (SSSR count). The Hall–Kier alpha value is -0.590. The highest BCUT2D eigenvalue weighted by molar-refractivity contribution is 8.15. The fraction of sp³-hybridized carbons (Fsp3) is 0.615. The van der Waals surface area contributed by atoms with Gasteiger partial charge < -0.3 is 4.74 Å². The van der Waals surface area contributed by atoms with Gasteiger partial charge in [-0.3, -0.25) is 0 Å². The number of hydrogen-bond acceptors (Lipinski definition) is 5. The van der Waals surface area contributed by atoms with Crippen LogP contribution in [0.2, 0.25) is 0 Å². The molecule has 1 aliphatic rings. The van der Waals surface area contributed by atoms with E-state index in [1.165, 1.54) is 18.2 Å². The van der Waals surface area contributed by atoms with Crippen molar-refractivity contribution in [3.8, 4) is 0 Å². The lowest BCUT2D eigenvalue weighted by molar-refractivity contribution is 0.0267. The summed E-state index contributed by atoms with van der Waals surface area (Å²) in [5.41, 5.74) is 0.682. The average molecular weight is 337 g/mol. The molecular weight excluding hydrogens is 320 g/mol. The summed E-state index contributed by atoms with van der Waals surface area (Å²) in [6, 6.07) is 0. The van der Waals surface area contributed by atoms with E-state index >= 15 is 0 Å². The summed E-state index contributed by atoms with van der Waals surface area (Å²) < 4.78 is 28.2. The Balaban J connectivity index is 2.11. The number of esters is 1. The smallest absolute Gasteiger partial charge is 0.339 e. The number of ether oxygens (including phenoxy) is 1. The molecule has 0 amide bonds. The number of thiophene rings is 1. The maximum Gasteiger partial charge on any atom is 0.339 e. The number of hydrogen-bond donors (Lipinski definition) is 0. The van der Waals surface area contributed by atoms with Crippen molar-refractivity contribution in [2.75, 3.05) is 0 Å². The maximum absolute atomic E-state index is 12.1. The lowest BCUT2D eigenvalue weighted by atomic mass is 10.1. The van der Waals surface area contributed by atoms with Crippen molar-refractivity contribution in [1.29, 1.82) is 0 Å². The molecule has 0 saturated heterocycles. The topological polar surface area (TPSA) is 60.4 Å². The quantitative estimate of drug-likeness (QED) is 0.477. The summed E-state index contributed by atoms with van der Waals surface area (Å²) in [5, 5.41) is 1.50. The van der Waals surface area contributed by atoms with Gasteiger partial charge in [-0.25, -0.2) is 13.2 Å². The van der Waals surface area contributed by atoms with Gasteiger partial charge in [-0.1, -0.05) is 12.8 Å². The Morgan fingerprint density at radius 3 is 2.40 bits per heavy atom. The molecule has 0 aliphatic heterocycles. The molecule has 20 heavy (non-hydrogen) atoms. The predicted molar refractivity (Wildman–Crippen MR) is 79.0 cm³/mol. The Bertz CT molecular complexity index is 584. The average Bonchev–Trinajstić information content (AvgIpc) is 2.58. The van der Waals surface area contributed by atoms with Crippen molar-refractivity contribution in [2.24, 2.45) is 0 Å². The first-order valence-electron chi connectivity index (χ1n) is 6.63. The van der Waals surface area contributed by atoms with E-state index in [-0.39, 0.29) is 10.3 Å². The zero-order valence-corrected chi connectivity index (χ0v) is 13.6. The van der Waals surface area contributed by atoms with Crippen molar-refractivity contribution in [1.82, 2.24) is 0 Å². The maximum atomic E-state index is 12.1. The van der Waals surface area contributed by atoms with Crippen LogP contribution in [0, 0.1) is 6.92 Å². The summed E-state index contributed by atoms with van der Waals surface area (Å²) in [6.07, 6.45) is 6.22. The molecule has 1 aliphatic carbocycles. The van der Waals surface area contributed by atoms with Crippen LogP contribution in [-0.2, 0) is 13.8 Å². The van der Waals surface area contributed by atoms with Crippen LogP contribution in [0.1, 0.15) is 54.4 Å². The molecule has 112 valence electrons. The number of halogens is 1. The summed E-state index contributed by atoms with van der Waals surface area (Å²) in [7, 11) is 1.52. The van der Waals surface area contributed by atoms with Gasteiger partial charge in [-0.05, 0) is 38.2 Å². The van der Waals surface area contributed by atoms with E-state index in [1.54, 1.807) is 6.92 Å². The first-order valence-corrected chi connectivity index (χ1v) is 9.82. The summed E-state index contributed by atoms with van der Waals surface area (Å²) in [6.45, 7) is 1.58. The first kappa shape index (κ1) is 15.8. The summed E-state index contributed by atoms with van der Waals surface area (Å²) in [5.74, 6) is -0.447. The molecular formula is C13H17ClO4S2. The van der Waals surface area contributed by atoms with Crippen molar-refractivity contribution in [2.45, 2.75) is 55.8 Å². The molecule has 0 unspecified atom stereocenters. The van der Waals surface area contributed by atoms with E-state index in [2.05, 4.69) is 0 Å².